The molecule has 1 aromatic rings. The Morgan fingerprint density at radius 1 is 1.14 bits per heavy atom. The Hall–Kier alpha value is -1.18. The van der Waals surface area contributed by atoms with Crippen molar-refractivity contribution in [2.24, 2.45) is 0 Å². The number of nitrogens with one attached hydrogen (secondary N) is 1. The first kappa shape index (κ1) is 16.2. The van der Waals surface area contributed by atoms with Gasteiger partial charge in [-0.25, -0.2) is 0 Å². The number of halogens is 4. The molecule has 0 aromatic heterocycles. The van der Waals surface area contributed by atoms with Crippen LogP contribution in [0.4, 0.5) is 13.2 Å². The van der Waals surface area contributed by atoms with Crippen LogP contribution in [-0.4, -0.2) is 44.0 Å². The fourth-order valence-corrected chi connectivity index (χ4v) is 2.69. The molecule has 1 aromatic carbocycles. The summed E-state index contributed by atoms with van der Waals surface area (Å²) in [4.78, 5) is 1.44. The van der Waals surface area contributed by atoms with Crippen molar-refractivity contribution >= 4 is 12.4 Å². The maximum atomic E-state index is 13.5. The molecule has 8 heteroatoms. The van der Waals surface area contributed by atoms with Gasteiger partial charge in [0.2, 0.25) is 6.79 Å². The first-order valence-electron chi connectivity index (χ1n) is 6.47. The quantitative estimate of drug-likeness (QED) is 0.905. The van der Waals surface area contributed by atoms with Crippen LogP contribution in [-0.2, 0) is 0 Å². The molecule has 2 aliphatic rings. The molecular weight excluding hydrogens is 309 g/mol. The maximum Gasteiger partial charge on any atom is 0.408 e. The average molecular weight is 325 g/mol. The van der Waals surface area contributed by atoms with Gasteiger partial charge in [0, 0.05) is 31.7 Å². The number of piperazine rings is 1. The average Bonchev–Trinajstić information content (AvgIpc) is 2.88. The van der Waals surface area contributed by atoms with E-state index in [1.165, 1.54) is 11.0 Å². The largest absolute Gasteiger partial charge is 0.454 e. The zero-order valence-corrected chi connectivity index (χ0v) is 12.0. The van der Waals surface area contributed by atoms with Crippen LogP contribution < -0.4 is 14.8 Å². The normalized spacial score (nSPS) is 20.0. The number of fused-ring (bicyclic) bond motifs is 1. The van der Waals surface area contributed by atoms with Gasteiger partial charge in [-0.1, -0.05) is 12.1 Å². The lowest BCUT2D eigenvalue weighted by molar-refractivity contribution is -0.188. The Labute approximate surface area is 126 Å². The van der Waals surface area contributed by atoms with Crippen molar-refractivity contribution in [2.75, 3.05) is 33.0 Å². The highest BCUT2D eigenvalue weighted by molar-refractivity contribution is 5.85. The van der Waals surface area contributed by atoms with Crippen molar-refractivity contribution in [2.45, 2.75) is 12.2 Å². The topological polar surface area (TPSA) is 33.7 Å². The van der Waals surface area contributed by atoms with E-state index in [1.54, 1.807) is 12.1 Å². The van der Waals surface area contributed by atoms with E-state index >= 15 is 0 Å². The summed E-state index contributed by atoms with van der Waals surface area (Å²) in [5, 5.41) is 3.06. The van der Waals surface area contributed by atoms with Crippen molar-refractivity contribution in [1.29, 1.82) is 0 Å². The van der Waals surface area contributed by atoms with Gasteiger partial charge in [0.1, 0.15) is 6.04 Å². The van der Waals surface area contributed by atoms with Crippen LogP contribution in [0.2, 0.25) is 0 Å². The molecule has 0 bridgehead atoms. The summed E-state index contributed by atoms with van der Waals surface area (Å²) in [5.41, 5.74) is 0.134. The summed E-state index contributed by atoms with van der Waals surface area (Å²) < 4.78 is 50.9. The van der Waals surface area contributed by atoms with E-state index < -0.39 is 12.2 Å². The van der Waals surface area contributed by atoms with Crippen molar-refractivity contribution in [3.63, 3.8) is 0 Å². The number of hydrogen-bond donors (Lipinski definition) is 1. The van der Waals surface area contributed by atoms with E-state index in [0.717, 1.165) is 0 Å². The van der Waals surface area contributed by atoms with Crippen molar-refractivity contribution in [1.82, 2.24) is 10.2 Å². The summed E-state index contributed by atoms with van der Waals surface area (Å²) in [6.07, 6.45) is -4.35. The minimum Gasteiger partial charge on any atom is -0.454 e. The third kappa shape index (κ3) is 3.20. The van der Waals surface area contributed by atoms with E-state index in [0.29, 0.717) is 31.9 Å². The monoisotopic (exact) mass is 324 g/mol. The number of rotatable bonds is 2. The molecule has 1 saturated heterocycles. The van der Waals surface area contributed by atoms with Crippen molar-refractivity contribution < 1.29 is 22.6 Å². The second-order valence-electron chi connectivity index (χ2n) is 4.81. The van der Waals surface area contributed by atoms with Crippen molar-refractivity contribution in [3.8, 4) is 11.5 Å². The van der Waals surface area contributed by atoms with Gasteiger partial charge in [-0.3, -0.25) is 4.90 Å². The van der Waals surface area contributed by atoms with Gasteiger partial charge in [-0.05, 0) is 6.07 Å². The van der Waals surface area contributed by atoms with Crippen LogP contribution in [0.5, 0.6) is 11.5 Å². The van der Waals surface area contributed by atoms with Crippen LogP contribution in [0.15, 0.2) is 18.2 Å². The summed E-state index contributed by atoms with van der Waals surface area (Å²) in [5.74, 6) is 0.597. The fourth-order valence-electron chi connectivity index (χ4n) is 2.69. The number of ether oxygens (including phenoxy) is 2. The Morgan fingerprint density at radius 2 is 1.86 bits per heavy atom. The molecule has 0 aliphatic carbocycles. The van der Waals surface area contributed by atoms with Gasteiger partial charge < -0.3 is 14.8 Å². The highest BCUT2D eigenvalue weighted by Crippen LogP contribution is 2.46. The third-order valence-corrected chi connectivity index (χ3v) is 3.55. The molecular formula is C13H16ClF3N2O2. The van der Waals surface area contributed by atoms with E-state index in [2.05, 4.69) is 5.32 Å². The number of alkyl halides is 3. The number of benzene rings is 1. The van der Waals surface area contributed by atoms with Crippen LogP contribution in [0, 0.1) is 0 Å². The summed E-state index contributed by atoms with van der Waals surface area (Å²) in [7, 11) is 0. The minimum atomic E-state index is -4.35. The molecule has 0 amide bonds. The lowest BCUT2D eigenvalue weighted by atomic mass is 10.0. The van der Waals surface area contributed by atoms with E-state index in [-0.39, 0.29) is 30.5 Å². The Bertz CT molecular complexity index is 493. The fraction of sp³-hybridized carbons (Fsp3) is 0.538. The molecule has 3 rings (SSSR count). The second-order valence-corrected chi connectivity index (χ2v) is 4.81. The SMILES string of the molecule is Cl.FC(F)(F)[C@H](c1cccc2c1OCO2)N1CCNCC1. The van der Waals surface area contributed by atoms with Crippen LogP contribution >= 0.6 is 12.4 Å². The number of hydrogen-bond acceptors (Lipinski definition) is 4. The van der Waals surface area contributed by atoms with Crippen LogP contribution in [0.25, 0.3) is 0 Å². The van der Waals surface area contributed by atoms with Gasteiger partial charge in [0.25, 0.3) is 0 Å². The van der Waals surface area contributed by atoms with Crippen molar-refractivity contribution in [3.05, 3.63) is 23.8 Å². The molecule has 1 N–H and O–H groups in total. The molecule has 2 heterocycles. The van der Waals surface area contributed by atoms with E-state index in [9.17, 15) is 13.2 Å². The first-order chi connectivity index (χ1) is 9.57. The zero-order valence-electron chi connectivity index (χ0n) is 11.2. The number of para-hydroxylation sites is 1. The zero-order chi connectivity index (χ0) is 14.2. The maximum absolute atomic E-state index is 13.5. The lowest BCUT2D eigenvalue weighted by Crippen LogP contribution is -2.49. The highest BCUT2D eigenvalue weighted by atomic mass is 35.5. The van der Waals surface area contributed by atoms with Crippen LogP contribution in [0.1, 0.15) is 11.6 Å². The first-order valence-corrected chi connectivity index (χ1v) is 6.47. The van der Waals surface area contributed by atoms with Gasteiger partial charge in [-0.15, -0.1) is 12.4 Å². The molecule has 1 fully saturated rings. The molecule has 4 nitrogen and oxygen atoms in total. The third-order valence-electron chi connectivity index (χ3n) is 3.55. The molecule has 21 heavy (non-hydrogen) atoms. The number of nitrogens with zero attached hydrogens (tertiary/aromatic N) is 1. The molecule has 0 saturated carbocycles. The van der Waals surface area contributed by atoms with E-state index in [1.807, 2.05) is 0 Å². The molecule has 1 atom stereocenters. The molecule has 118 valence electrons. The van der Waals surface area contributed by atoms with Gasteiger partial charge in [0.05, 0.1) is 0 Å². The van der Waals surface area contributed by atoms with Gasteiger partial charge >= 0.3 is 6.18 Å². The Kier molecular flexibility index (Phi) is 4.85. The molecule has 0 unspecified atom stereocenters. The summed E-state index contributed by atoms with van der Waals surface area (Å²) in [6, 6.07) is 3.01. The Balaban J connectivity index is 0.00000161. The molecule has 0 radical (unpaired) electrons. The molecule has 2 aliphatic heterocycles. The second kappa shape index (κ2) is 6.29. The Morgan fingerprint density at radius 3 is 2.52 bits per heavy atom. The molecule has 0 spiro atoms. The highest BCUT2D eigenvalue weighted by Gasteiger charge is 2.47. The predicted octanol–water partition coefficient (Wildman–Crippen LogP) is 2.35. The van der Waals surface area contributed by atoms with E-state index in [4.69, 9.17) is 9.47 Å². The smallest absolute Gasteiger partial charge is 0.408 e. The van der Waals surface area contributed by atoms with Gasteiger partial charge in [0.15, 0.2) is 11.5 Å². The summed E-state index contributed by atoms with van der Waals surface area (Å²) >= 11 is 0. The summed E-state index contributed by atoms with van der Waals surface area (Å²) in [6.45, 7) is 1.79. The van der Waals surface area contributed by atoms with Crippen LogP contribution in [0.3, 0.4) is 0 Å². The van der Waals surface area contributed by atoms with Gasteiger partial charge in [-0.2, -0.15) is 13.2 Å². The standard InChI is InChI=1S/C13H15F3N2O2.ClH/c14-13(15,16)12(18-6-4-17-5-7-18)9-2-1-3-10-11(9)20-8-19-10;/h1-3,12,17H,4-8H2;1H/t12-;/m0./s1. The predicted molar refractivity (Wildman–Crippen MR) is 73.1 cm³/mol. The lowest BCUT2D eigenvalue weighted by Gasteiger charge is -2.36. The minimum absolute atomic E-state index is 0.